The molecule has 8 heteroatoms. The molecule has 1 aliphatic heterocycles. The highest BCUT2D eigenvalue weighted by atomic mass is 16.5. The lowest BCUT2D eigenvalue weighted by atomic mass is 10.1. The van der Waals surface area contributed by atoms with E-state index in [4.69, 9.17) is 9.15 Å². The number of carboxylic acid groups (broad SMARTS) is 2. The number of allylic oxidation sites excluding steroid dienone is 7. The number of fused-ring (bicyclic) bond motifs is 1. The number of aromatic carboxylic acids is 1. The molecule has 2 heterocycles. The smallest absolute Gasteiger partial charge is 0.374 e. The first-order valence-electron chi connectivity index (χ1n) is 12.0. The lowest BCUT2D eigenvalue weighted by Crippen LogP contribution is -2.36. The molecule has 0 amide bonds. The summed E-state index contributed by atoms with van der Waals surface area (Å²) in [6, 6.07) is 12.8. The fourth-order valence-corrected chi connectivity index (χ4v) is 3.98. The Labute approximate surface area is 220 Å². The standard InChI is InChI=1S/C30H28N2O6/c1-20-16-22(17-25(37-20)7-5-4-6-21-8-11-24(12-9-21)31(2)3)18-28-32(15-14-29(33)34)26-13-10-23(30(35)36)19-27(26)38-28/h4-13,16-19H,14-15H2,1-3H3,(H-,33,34,35,36)/p+1. The van der Waals surface area contributed by atoms with Crippen molar-refractivity contribution in [3.63, 3.8) is 0 Å². The van der Waals surface area contributed by atoms with Crippen molar-refractivity contribution in [1.29, 1.82) is 0 Å². The molecule has 0 aliphatic carbocycles. The maximum atomic E-state index is 11.4. The number of rotatable bonds is 9. The zero-order chi connectivity index (χ0) is 27.2. The van der Waals surface area contributed by atoms with E-state index in [-0.39, 0.29) is 18.5 Å². The summed E-state index contributed by atoms with van der Waals surface area (Å²) >= 11 is 0. The summed E-state index contributed by atoms with van der Waals surface area (Å²) in [6.07, 6.45) is 13.0. The van der Waals surface area contributed by atoms with Gasteiger partial charge in [-0.3, -0.25) is 4.79 Å². The molecule has 0 saturated carbocycles. The van der Waals surface area contributed by atoms with Gasteiger partial charge in [0.15, 0.2) is 6.54 Å². The summed E-state index contributed by atoms with van der Waals surface area (Å²) in [6.45, 7) is 2.01. The quantitative estimate of drug-likeness (QED) is 0.290. The summed E-state index contributed by atoms with van der Waals surface area (Å²) in [7, 11) is 4.01. The van der Waals surface area contributed by atoms with E-state index in [1.165, 1.54) is 12.1 Å². The van der Waals surface area contributed by atoms with Crippen molar-refractivity contribution >= 4 is 40.9 Å². The number of oxazole rings is 1. The van der Waals surface area contributed by atoms with E-state index in [1.54, 1.807) is 16.7 Å². The average Bonchev–Trinajstić information content (AvgIpc) is 3.21. The third-order valence-corrected chi connectivity index (χ3v) is 5.84. The molecule has 2 N–H and O–H groups in total. The number of hydrogen-bond acceptors (Lipinski definition) is 5. The molecule has 194 valence electrons. The van der Waals surface area contributed by atoms with Crippen LogP contribution in [0.5, 0.6) is 0 Å². The highest BCUT2D eigenvalue weighted by Crippen LogP contribution is 2.24. The molecular weight excluding hydrogens is 484 g/mol. The van der Waals surface area contributed by atoms with Gasteiger partial charge in [-0.15, -0.1) is 0 Å². The largest absolute Gasteiger partial charge is 0.481 e. The zero-order valence-electron chi connectivity index (χ0n) is 21.4. The molecule has 4 rings (SSSR count). The summed E-state index contributed by atoms with van der Waals surface area (Å²) in [4.78, 5) is 24.7. The van der Waals surface area contributed by atoms with Gasteiger partial charge < -0.3 is 24.3 Å². The molecule has 8 nitrogen and oxygen atoms in total. The number of ether oxygens (including phenoxy) is 1. The van der Waals surface area contributed by atoms with Gasteiger partial charge in [0.05, 0.1) is 11.6 Å². The molecule has 0 unspecified atom stereocenters. The Morgan fingerprint density at radius 2 is 1.74 bits per heavy atom. The van der Waals surface area contributed by atoms with Crippen LogP contribution in [0.2, 0.25) is 0 Å². The molecule has 38 heavy (non-hydrogen) atoms. The van der Waals surface area contributed by atoms with E-state index in [2.05, 4.69) is 24.3 Å². The Balaban J connectivity index is 1.60. The number of aryl methyl sites for hydroxylation is 1. The predicted molar refractivity (Wildman–Crippen MR) is 145 cm³/mol. The molecule has 0 bridgehead atoms. The van der Waals surface area contributed by atoms with Crippen molar-refractivity contribution in [3.05, 3.63) is 107 Å². The number of benzene rings is 2. The summed E-state index contributed by atoms with van der Waals surface area (Å²) in [5.41, 5.74) is 4.07. The number of hydrogen-bond donors (Lipinski definition) is 2. The van der Waals surface area contributed by atoms with Gasteiger partial charge in [-0.1, -0.05) is 30.4 Å². The van der Waals surface area contributed by atoms with Crippen LogP contribution >= 0.6 is 0 Å². The third kappa shape index (κ3) is 6.47. The van der Waals surface area contributed by atoms with Crippen molar-refractivity contribution < 1.29 is 33.5 Å². The summed E-state index contributed by atoms with van der Waals surface area (Å²) < 4.78 is 13.5. The van der Waals surface area contributed by atoms with Gasteiger partial charge >= 0.3 is 17.8 Å². The molecule has 2 aromatic carbocycles. The highest BCUT2D eigenvalue weighted by Gasteiger charge is 2.24. The van der Waals surface area contributed by atoms with Crippen LogP contribution in [0.25, 0.3) is 23.3 Å². The Morgan fingerprint density at radius 1 is 1.00 bits per heavy atom. The lowest BCUT2D eigenvalue weighted by Gasteiger charge is -2.12. The summed E-state index contributed by atoms with van der Waals surface area (Å²) in [5.74, 6) is -0.288. The molecular formula is C30H29N2O6+. The second kappa shape index (κ2) is 11.5. The van der Waals surface area contributed by atoms with Crippen LogP contribution in [0, 0.1) is 0 Å². The van der Waals surface area contributed by atoms with Crippen LogP contribution in [0.1, 0.15) is 35.2 Å². The topological polar surface area (TPSA) is 104 Å². The van der Waals surface area contributed by atoms with Gasteiger partial charge in [-0.25, -0.2) is 4.79 Å². The first kappa shape index (κ1) is 26.2. The van der Waals surface area contributed by atoms with E-state index in [0.717, 1.165) is 16.8 Å². The second-order valence-corrected chi connectivity index (χ2v) is 8.98. The van der Waals surface area contributed by atoms with Gasteiger partial charge in [-0.05, 0) is 54.5 Å². The first-order chi connectivity index (χ1) is 18.2. The van der Waals surface area contributed by atoms with Crippen molar-refractivity contribution in [3.8, 4) is 0 Å². The minimum atomic E-state index is -1.07. The predicted octanol–water partition coefficient (Wildman–Crippen LogP) is 5.43. The van der Waals surface area contributed by atoms with Crippen LogP contribution in [0.15, 0.2) is 94.4 Å². The van der Waals surface area contributed by atoms with Gasteiger partial charge in [0.1, 0.15) is 17.9 Å². The maximum Gasteiger partial charge on any atom is 0.374 e. The van der Waals surface area contributed by atoms with Crippen LogP contribution < -0.4 is 9.47 Å². The number of nitrogens with zero attached hydrogens (tertiary/aromatic N) is 2. The fourth-order valence-electron chi connectivity index (χ4n) is 3.98. The van der Waals surface area contributed by atoms with Gasteiger partial charge in [0.25, 0.3) is 5.52 Å². The molecule has 3 aromatic rings. The number of anilines is 1. The van der Waals surface area contributed by atoms with Gasteiger partial charge in [-0.2, -0.15) is 4.57 Å². The van der Waals surface area contributed by atoms with Crippen LogP contribution in [0.3, 0.4) is 0 Å². The fraction of sp³-hybridized carbons (Fsp3) is 0.167. The van der Waals surface area contributed by atoms with Gasteiger partial charge in [0.2, 0.25) is 5.58 Å². The third-order valence-electron chi connectivity index (χ3n) is 5.84. The van der Waals surface area contributed by atoms with E-state index < -0.39 is 11.9 Å². The number of carbonyl (C=O) groups is 2. The zero-order valence-corrected chi connectivity index (χ0v) is 21.4. The van der Waals surface area contributed by atoms with Crippen LogP contribution in [-0.2, 0) is 16.1 Å². The minimum Gasteiger partial charge on any atom is -0.481 e. The van der Waals surface area contributed by atoms with Crippen molar-refractivity contribution in [2.45, 2.75) is 19.9 Å². The highest BCUT2D eigenvalue weighted by molar-refractivity contribution is 5.91. The molecule has 0 atom stereocenters. The van der Waals surface area contributed by atoms with Crippen LogP contribution in [0.4, 0.5) is 5.69 Å². The summed E-state index contributed by atoms with van der Waals surface area (Å²) in [5, 5.41) is 18.5. The number of carboxylic acids is 2. The maximum absolute atomic E-state index is 11.4. The number of aromatic nitrogens is 1. The van der Waals surface area contributed by atoms with Crippen molar-refractivity contribution in [2.24, 2.45) is 0 Å². The van der Waals surface area contributed by atoms with Gasteiger partial charge in [0, 0.05) is 31.9 Å². The van der Waals surface area contributed by atoms with E-state index in [0.29, 0.717) is 28.5 Å². The first-order valence-corrected chi connectivity index (χ1v) is 12.0. The van der Waals surface area contributed by atoms with E-state index >= 15 is 0 Å². The Kier molecular flexibility index (Phi) is 7.91. The monoisotopic (exact) mass is 513 g/mol. The van der Waals surface area contributed by atoms with Crippen molar-refractivity contribution in [2.75, 3.05) is 19.0 Å². The Bertz CT molecular complexity index is 1520. The molecule has 1 aromatic heterocycles. The Hall–Kier alpha value is -4.85. The number of aliphatic carboxylic acids is 1. The average molecular weight is 514 g/mol. The van der Waals surface area contributed by atoms with Crippen molar-refractivity contribution in [1.82, 2.24) is 0 Å². The molecule has 0 spiro atoms. The van der Waals surface area contributed by atoms with E-state index in [1.807, 2.05) is 62.4 Å². The molecule has 0 saturated heterocycles. The van der Waals surface area contributed by atoms with Crippen LogP contribution in [-0.4, -0.2) is 36.2 Å². The molecule has 1 aliphatic rings. The molecule has 0 fully saturated rings. The SMILES string of the molecule is CC1=C/C(=C\c2oc3cc(C(=O)O)ccc3[n+]2CCC(=O)O)C=C(/C=C/C=C/c2ccc(N(C)C)cc2)O1. The lowest BCUT2D eigenvalue weighted by molar-refractivity contribution is -0.677. The minimum absolute atomic E-state index is 0.0895. The van der Waals surface area contributed by atoms with E-state index in [9.17, 15) is 19.8 Å². The normalized spacial score (nSPS) is 14.7. The second-order valence-electron chi connectivity index (χ2n) is 8.98. The molecule has 0 radical (unpaired) electrons. The Morgan fingerprint density at radius 3 is 2.42 bits per heavy atom.